The molecule has 1 N–H and O–H groups in total. The minimum Gasteiger partial charge on any atom is -0.355 e. The van der Waals surface area contributed by atoms with Gasteiger partial charge in [0.1, 0.15) is 5.82 Å². The fourth-order valence-corrected chi connectivity index (χ4v) is 3.21. The predicted octanol–water partition coefficient (Wildman–Crippen LogP) is 1.30. The summed E-state index contributed by atoms with van der Waals surface area (Å²) in [5.74, 6) is 1.15. The third-order valence-electron chi connectivity index (χ3n) is 4.61. The number of rotatable bonds is 7. The van der Waals surface area contributed by atoms with Gasteiger partial charge in [0, 0.05) is 63.8 Å². The Morgan fingerprint density at radius 1 is 1.08 bits per heavy atom. The first-order chi connectivity index (χ1) is 12.3. The fraction of sp³-hybridized carbons (Fsp3) is 0.474. The lowest BCUT2D eigenvalue weighted by molar-refractivity contribution is -0.122. The maximum Gasteiger partial charge on any atom is 0.234 e. The lowest BCUT2D eigenvalue weighted by Gasteiger charge is -2.34. The van der Waals surface area contributed by atoms with Crippen molar-refractivity contribution in [3.8, 4) is 11.4 Å². The SMILES string of the molecule is CCNC(=O)CN1CCN(CCn2ccnc2-c2ccccc2)CC1. The Bertz CT molecular complexity index is 661. The molecule has 3 rings (SSSR count). The molecule has 1 aliphatic rings. The van der Waals surface area contributed by atoms with Gasteiger partial charge in [0.05, 0.1) is 6.54 Å². The van der Waals surface area contributed by atoms with Crippen LogP contribution in [-0.4, -0.2) is 71.1 Å². The minimum atomic E-state index is 0.127. The van der Waals surface area contributed by atoms with Gasteiger partial charge in [-0.3, -0.25) is 14.6 Å². The van der Waals surface area contributed by atoms with Crippen molar-refractivity contribution in [1.82, 2.24) is 24.7 Å². The summed E-state index contributed by atoms with van der Waals surface area (Å²) >= 11 is 0. The van der Waals surface area contributed by atoms with Crippen molar-refractivity contribution in [2.24, 2.45) is 0 Å². The summed E-state index contributed by atoms with van der Waals surface area (Å²) in [7, 11) is 0. The number of benzene rings is 1. The standard InChI is InChI=1S/C19H27N5O/c1-2-20-18(25)16-23-12-10-22(11-13-23)14-15-24-9-8-21-19(24)17-6-4-3-5-7-17/h3-9H,2,10-16H2,1H3,(H,20,25). The molecule has 6 heteroatoms. The summed E-state index contributed by atoms with van der Waals surface area (Å²) in [6.45, 7) is 9.03. The zero-order valence-electron chi connectivity index (χ0n) is 14.9. The largest absolute Gasteiger partial charge is 0.355 e. The summed E-state index contributed by atoms with van der Waals surface area (Å²) in [6, 6.07) is 10.3. The second-order valence-corrected chi connectivity index (χ2v) is 6.38. The van der Waals surface area contributed by atoms with Gasteiger partial charge in [-0.25, -0.2) is 4.98 Å². The van der Waals surface area contributed by atoms with Gasteiger partial charge in [0.25, 0.3) is 0 Å². The molecule has 1 fully saturated rings. The maximum absolute atomic E-state index is 11.7. The van der Waals surface area contributed by atoms with Crippen molar-refractivity contribution in [1.29, 1.82) is 0 Å². The molecule has 0 unspecified atom stereocenters. The van der Waals surface area contributed by atoms with Gasteiger partial charge in [-0.15, -0.1) is 0 Å². The average Bonchev–Trinajstić information content (AvgIpc) is 3.11. The second-order valence-electron chi connectivity index (χ2n) is 6.38. The van der Waals surface area contributed by atoms with Crippen molar-refractivity contribution in [3.63, 3.8) is 0 Å². The molecule has 0 spiro atoms. The van der Waals surface area contributed by atoms with E-state index in [1.165, 1.54) is 0 Å². The summed E-state index contributed by atoms with van der Waals surface area (Å²) in [4.78, 5) is 20.9. The summed E-state index contributed by atoms with van der Waals surface area (Å²) in [5, 5.41) is 2.87. The Balaban J connectivity index is 1.47. The first kappa shape index (κ1) is 17.6. The van der Waals surface area contributed by atoms with Crippen molar-refractivity contribution < 1.29 is 4.79 Å². The van der Waals surface area contributed by atoms with Gasteiger partial charge in [0.15, 0.2) is 0 Å². The molecule has 6 nitrogen and oxygen atoms in total. The van der Waals surface area contributed by atoms with Crippen LogP contribution in [0.3, 0.4) is 0 Å². The normalized spacial score (nSPS) is 16.0. The smallest absolute Gasteiger partial charge is 0.234 e. The Labute approximate surface area is 149 Å². The van der Waals surface area contributed by atoms with Crippen LogP contribution in [0.2, 0.25) is 0 Å². The van der Waals surface area contributed by atoms with Crippen LogP contribution < -0.4 is 5.32 Å². The number of carbonyl (C=O) groups excluding carboxylic acids is 1. The molecule has 0 radical (unpaired) electrons. The third kappa shape index (κ3) is 4.90. The molecule has 1 aromatic carbocycles. The number of imidazole rings is 1. The highest BCUT2D eigenvalue weighted by molar-refractivity contribution is 5.77. The maximum atomic E-state index is 11.7. The van der Waals surface area contributed by atoms with E-state index in [0.717, 1.165) is 50.7 Å². The van der Waals surface area contributed by atoms with Crippen LogP contribution in [0, 0.1) is 0 Å². The average molecular weight is 341 g/mol. The lowest BCUT2D eigenvalue weighted by atomic mass is 10.2. The van der Waals surface area contributed by atoms with E-state index >= 15 is 0 Å². The number of hydrogen-bond donors (Lipinski definition) is 1. The van der Waals surface area contributed by atoms with Gasteiger partial charge in [-0.05, 0) is 6.92 Å². The van der Waals surface area contributed by atoms with E-state index in [1.807, 2.05) is 37.5 Å². The number of carbonyl (C=O) groups is 1. The molecule has 0 saturated carbocycles. The van der Waals surface area contributed by atoms with Crippen LogP contribution in [0.25, 0.3) is 11.4 Å². The van der Waals surface area contributed by atoms with Crippen LogP contribution >= 0.6 is 0 Å². The van der Waals surface area contributed by atoms with E-state index in [-0.39, 0.29) is 5.91 Å². The molecule has 2 heterocycles. The molecule has 1 aromatic heterocycles. The van der Waals surface area contributed by atoms with Crippen LogP contribution in [0.4, 0.5) is 0 Å². The molecule has 0 atom stereocenters. The molecule has 1 saturated heterocycles. The van der Waals surface area contributed by atoms with Gasteiger partial charge < -0.3 is 9.88 Å². The lowest BCUT2D eigenvalue weighted by Crippen LogP contribution is -2.50. The number of nitrogens with one attached hydrogen (secondary N) is 1. The zero-order valence-corrected chi connectivity index (χ0v) is 14.9. The first-order valence-electron chi connectivity index (χ1n) is 9.04. The number of amides is 1. The highest BCUT2D eigenvalue weighted by Gasteiger charge is 2.18. The summed E-state index contributed by atoms with van der Waals surface area (Å²) in [6.07, 6.45) is 3.92. The number of likely N-dealkylation sites (N-methyl/N-ethyl adjacent to an activating group) is 1. The van der Waals surface area contributed by atoms with E-state index in [0.29, 0.717) is 13.1 Å². The molecule has 0 aliphatic carbocycles. The minimum absolute atomic E-state index is 0.127. The summed E-state index contributed by atoms with van der Waals surface area (Å²) < 4.78 is 2.22. The first-order valence-corrected chi connectivity index (χ1v) is 9.04. The quantitative estimate of drug-likeness (QED) is 0.825. The van der Waals surface area contributed by atoms with E-state index in [1.54, 1.807) is 0 Å². The molecule has 1 aliphatic heterocycles. The fourth-order valence-electron chi connectivity index (χ4n) is 3.21. The van der Waals surface area contributed by atoms with Crippen molar-refractivity contribution in [3.05, 3.63) is 42.7 Å². The Kier molecular flexibility index (Phi) is 6.19. The predicted molar refractivity (Wildman–Crippen MR) is 99.2 cm³/mol. The molecule has 25 heavy (non-hydrogen) atoms. The molecule has 0 bridgehead atoms. The van der Waals surface area contributed by atoms with Gasteiger partial charge in [0.2, 0.25) is 5.91 Å². The van der Waals surface area contributed by atoms with Crippen molar-refractivity contribution in [2.45, 2.75) is 13.5 Å². The highest BCUT2D eigenvalue weighted by Crippen LogP contribution is 2.16. The van der Waals surface area contributed by atoms with Crippen LogP contribution in [-0.2, 0) is 11.3 Å². The second kappa shape index (κ2) is 8.78. The van der Waals surface area contributed by atoms with E-state index in [9.17, 15) is 4.79 Å². The third-order valence-corrected chi connectivity index (χ3v) is 4.61. The Morgan fingerprint density at radius 3 is 2.52 bits per heavy atom. The Morgan fingerprint density at radius 2 is 1.80 bits per heavy atom. The molecule has 1 amide bonds. The van der Waals surface area contributed by atoms with Crippen LogP contribution in [0.15, 0.2) is 42.7 Å². The van der Waals surface area contributed by atoms with Crippen LogP contribution in [0.5, 0.6) is 0 Å². The van der Waals surface area contributed by atoms with E-state index < -0.39 is 0 Å². The summed E-state index contributed by atoms with van der Waals surface area (Å²) in [5.41, 5.74) is 1.15. The van der Waals surface area contributed by atoms with Gasteiger partial charge in [-0.1, -0.05) is 30.3 Å². The van der Waals surface area contributed by atoms with Crippen LogP contribution in [0.1, 0.15) is 6.92 Å². The van der Waals surface area contributed by atoms with Gasteiger partial charge >= 0.3 is 0 Å². The number of piperazine rings is 1. The Hall–Kier alpha value is -2.18. The highest BCUT2D eigenvalue weighted by atomic mass is 16.2. The molecular weight excluding hydrogens is 314 g/mol. The number of aromatic nitrogens is 2. The van der Waals surface area contributed by atoms with Crippen molar-refractivity contribution in [2.75, 3.05) is 45.8 Å². The molecular formula is C19H27N5O. The zero-order chi connectivity index (χ0) is 17.5. The van der Waals surface area contributed by atoms with Gasteiger partial charge in [-0.2, -0.15) is 0 Å². The number of hydrogen-bond acceptors (Lipinski definition) is 4. The molecule has 2 aromatic rings. The number of nitrogens with zero attached hydrogens (tertiary/aromatic N) is 4. The monoisotopic (exact) mass is 341 g/mol. The molecule has 134 valence electrons. The van der Waals surface area contributed by atoms with E-state index in [2.05, 4.69) is 36.8 Å². The van der Waals surface area contributed by atoms with E-state index in [4.69, 9.17) is 0 Å². The topological polar surface area (TPSA) is 53.4 Å². The van der Waals surface area contributed by atoms with Crippen molar-refractivity contribution >= 4 is 5.91 Å².